The van der Waals surface area contributed by atoms with Crippen LogP contribution in [0.1, 0.15) is 72.9 Å². The molecule has 1 heterocycles. The number of hydrogen-bond donors (Lipinski definition) is 2. The van der Waals surface area contributed by atoms with Gasteiger partial charge in [0.05, 0.1) is 10.8 Å². The minimum absolute atomic E-state index is 0.0416. The normalized spacial score (nSPS) is 18.2. The number of halogens is 3. The Morgan fingerprint density at radius 1 is 1.03 bits per heavy atom. The third-order valence-electron chi connectivity index (χ3n) is 6.76. The van der Waals surface area contributed by atoms with E-state index in [1.807, 2.05) is 4.72 Å². The van der Waals surface area contributed by atoms with E-state index in [1.165, 1.54) is 6.07 Å². The number of likely N-dealkylation sites (tertiary alicyclic amines) is 1. The lowest BCUT2D eigenvalue weighted by molar-refractivity contribution is -0.134. The molecule has 0 unspecified atom stereocenters. The summed E-state index contributed by atoms with van der Waals surface area (Å²) in [6.45, 7) is 3.22. The largest absolute Gasteiger partial charge is 0.490 e. The van der Waals surface area contributed by atoms with E-state index in [2.05, 4.69) is 4.90 Å². The average molecular weight is 602 g/mol. The number of aliphatic carboxylic acids is 1. The first kappa shape index (κ1) is 29.6. The van der Waals surface area contributed by atoms with Gasteiger partial charge < -0.3 is 9.84 Å². The summed E-state index contributed by atoms with van der Waals surface area (Å²) >= 11 is 12.1. The van der Waals surface area contributed by atoms with Crippen molar-refractivity contribution in [3.05, 3.63) is 62.9 Å². The molecule has 2 aliphatic carbocycles. The van der Waals surface area contributed by atoms with E-state index < -0.39 is 33.0 Å². The predicted molar refractivity (Wildman–Crippen MR) is 146 cm³/mol. The van der Waals surface area contributed by atoms with E-state index in [0.717, 1.165) is 56.8 Å². The fraction of sp³-hybridized carbons (Fsp3) is 0.481. The molecule has 2 aromatic rings. The number of carboxylic acid groups (broad SMARTS) is 1. The zero-order valence-corrected chi connectivity index (χ0v) is 23.8. The van der Waals surface area contributed by atoms with Gasteiger partial charge in [0.25, 0.3) is 11.9 Å². The summed E-state index contributed by atoms with van der Waals surface area (Å²) < 4.78 is 47.4. The van der Waals surface area contributed by atoms with Crippen LogP contribution >= 0.6 is 23.2 Å². The molecule has 0 radical (unpaired) electrons. The van der Waals surface area contributed by atoms with Gasteiger partial charge in [0.1, 0.15) is 17.7 Å². The molecule has 8 nitrogen and oxygen atoms in total. The van der Waals surface area contributed by atoms with E-state index in [4.69, 9.17) is 37.8 Å². The van der Waals surface area contributed by atoms with Gasteiger partial charge in [-0.2, -0.15) is 0 Å². The molecule has 2 aromatic carbocycles. The first-order valence-electron chi connectivity index (χ1n) is 12.8. The minimum Gasteiger partial charge on any atom is -0.490 e. The zero-order valence-electron chi connectivity index (χ0n) is 21.5. The van der Waals surface area contributed by atoms with Gasteiger partial charge in [0.2, 0.25) is 10.0 Å². The number of benzene rings is 2. The summed E-state index contributed by atoms with van der Waals surface area (Å²) in [7, 11) is -3.74. The molecule has 0 atom stereocenters. The van der Waals surface area contributed by atoms with Crippen molar-refractivity contribution in [2.75, 3.05) is 13.1 Å². The number of carboxylic acids is 1. The van der Waals surface area contributed by atoms with Crippen LogP contribution in [0.3, 0.4) is 0 Å². The Morgan fingerprint density at radius 3 is 2.15 bits per heavy atom. The standard InChI is InChI=1S/C25H27Cl2FN2O4S.C2H4O2/c26-17-10-18(27)12-20(11-17)34-19-5-7-30(8-6-19)14-16-9-24(28)23(13-22(16)15-1-2-15)25(31)29-35(32,33)21-3-4-21;1-2(3)4/h9-13,15,19,21H,1-8,14H2,(H,29,31);1H3,(H,3,4). The van der Waals surface area contributed by atoms with Crippen molar-refractivity contribution in [1.29, 1.82) is 0 Å². The molecular weight excluding hydrogens is 570 g/mol. The van der Waals surface area contributed by atoms with Crippen molar-refractivity contribution in [3.63, 3.8) is 0 Å². The van der Waals surface area contributed by atoms with Gasteiger partial charge >= 0.3 is 0 Å². The zero-order chi connectivity index (χ0) is 28.3. The van der Waals surface area contributed by atoms with Crippen molar-refractivity contribution >= 4 is 45.1 Å². The monoisotopic (exact) mass is 600 g/mol. The van der Waals surface area contributed by atoms with Crippen molar-refractivity contribution < 1.29 is 32.2 Å². The van der Waals surface area contributed by atoms with Gasteiger partial charge in [0, 0.05) is 36.6 Å². The second-order valence-electron chi connectivity index (χ2n) is 10.2. The predicted octanol–water partition coefficient (Wildman–Crippen LogP) is 5.37. The van der Waals surface area contributed by atoms with Gasteiger partial charge in [-0.1, -0.05) is 23.2 Å². The van der Waals surface area contributed by atoms with Crippen LogP contribution < -0.4 is 9.46 Å². The summed E-state index contributed by atoms with van der Waals surface area (Å²) in [5.74, 6) is -1.48. The molecular formula is C27H31Cl2FN2O6S. The third-order valence-corrected chi connectivity index (χ3v) is 9.01. The van der Waals surface area contributed by atoms with E-state index in [9.17, 15) is 17.6 Å². The highest BCUT2D eigenvalue weighted by atomic mass is 35.5. The van der Waals surface area contributed by atoms with Gasteiger partial charge in [-0.3, -0.25) is 14.5 Å². The number of nitrogens with zero attached hydrogens (tertiary/aromatic N) is 1. The summed E-state index contributed by atoms with van der Waals surface area (Å²) in [6, 6.07) is 8.12. The molecule has 39 heavy (non-hydrogen) atoms. The van der Waals surface area contributed by atoms with Gasteiger partial charge in [0.15, 0.2) is 0 Å². The van der Waals surface area contributed by atoms with Crippen LogP contribution in [0.25, 0.3) is 0 Å². The molecule has 1 aliphatic heterocycles. The van der Waals surface area contributed by atoms with Crippen LogP contribution in [0.15, 0.2) is 30.3 Å². The molecule has 1 saturated heterocycles. The smallest absolute Gasteiger partial charge is 0.300 e. The molecule has 12 heteroatoms. The fourth-order valence-electron chi connectivity index (χ4n) is 4.58. The van der Waals surface area contributed by atoms with Crippen molar-refractivity contribution in [2.24, 2.45) is 0 Å². The van der Waals surface area contributed by atoms with Crippen LogP contribution in [-0.2, 0) is 21.4 Å². The lowest BCUT2D eigenvalue weighted by Crippen LogP contribution is -2.38. The highest BCUT2D eigenvalue weighted by Crippen LogP contribution is 2.43. The SMILES string of the molecule is CC(=O)O.O=C(NS(=O)(=O)C1CC1)c1cc(C2CC2)c(CN2CCC(Oc3cc(Cl)cc(Cl)c3)CC2)cc1F. The Labute approximate surface area is 237 Å². The molecule has 2 saturated carbocycles. The Morgan fingerprint density at radius 2 is 1.62 bits per heavy atom. The number of piperidine rings is 1. The lowest BCUT2D eigenvalue weighted by atomic mass is 9.97. The average Bonchev–Trinajstić information content (AvgIpc) is 3.72. The van der Waals surface area contributed by atoms with Crippen LogP contribution in [-0.4, -0.2) is 54.7 Å². The number of sulfonamides is 1. The van der Waals surface area contributed by atoms with E-state index in [1.54, 1.807) is 24.3 Å². The number of carbonyl (C=O) groups excluding carboxylic acids is 1. The molecule has 2 N–H and O–H groups in total. The van der Waals surface area contributed by atoms with Gasteiger partial charge in [-0.05, 0) is 85.9 Å². The number of nitrogens with one attached hydrogen (secondary N) is 1. The van der Waals surface area contributed by atoms with Gasteiger partial charge in [-0.15, -0.1) is 0 Å². The quantitative estimate of drug-likeness (QED) is 0.419. The van der Waals surface area contributed by atoms with Gasteiger partial charge in [-0.25, -0.2) is 17.5 Å². The van der Waals surface area contributed by atoms with Crippen LogP contribution in [0.4, 0.5) is 4.39 Å². The van der Waals surface area contributed by atoms with Crippen molar-refractivity contribution in [2.45, 2.75) is 69.3 Å². The van der Waals surface area contributed by atoms with E-state index in [-0.39, 0.29) is 17.6 Å². The van der Waals surface area contributed by atoms with E-state index >= 15 is 0 Å². The highest BCUT2D eigenvalue weighted by Gasteiger charge is 2.38. The van der Waals surface area contributed by atoms with Crippen LogP contribution in [0.5, 0.6) is 5.75 Å². The van der Waals surface area contributed by atoms with Crippen molar-refractivity contribution in [3.8, 4) is 5.75 Å². The Kier molecular flexibility index (Phi) is 9.41. The molecule has 212 valence electrons. The summed E-state index contributed by atoms with van der Waals surface area (Å²) in [5, 5.41) is 7.93. The lowest BCUT2D eigenvalue weighted by Gasteiger charge is -2.32. The van der Waals surface area contributed by atoms with E-state index in [0.29, 0.717) is 35.2 Å². The first-order chi connectivity index (χ1) is 18.4. The maximum atomic E-state index is 15.0. The molecule has 5 rings (SSSR count). The topological polar surface area (TPSA) is 113 Å². The minimum atomic E-state index is -3.74. The molecule has 3 aliphatic rings. The number of carbonyl (C=O) groups is 2. The molecule has 0 bridgehead atoms. The second kappa shape index (κ2) is 12.4. The maximum absolute atomic E-state index is 15.0. The maximum Gasteiger partial charge on any atom is 0.300 e. The Hall–Kier alpha value is -2.40. The molecule has 0 aromatic heterocycles. The highest BCUT2D eigenvalue weighted by molar-refractivity contribution is 7.91. The second-order valence-corrected chi connectivity index (χ2v) is 13.0. The van der Waals surface area contributed by atoms with Crippen molar-refractivity contribution in [1.82, 2.24) is 9.62 Å². The number of rotatable bonds is 8. The summed E-state index contributed by atoms with van der Waals surface area (Å²) in [5.41, 5.74) is 1.59. The molecule has 1 amide bonds. The molecule has 0 spiro atoms. The van der Waals surface area contributed by atoms with Crippen LogP contribution in [0.2, 0.25) is 10.0 Å². The fourth-order valence-corrected chi connectivity index (χ4v) is 6.38. The van der Waals surface area contributed by atoms with Crippen LogP contribution in [0, 0.1) is 5.82 Å². The Balaban J connectivity index is 0.000000826. The summed E-state index contributed by atoms with van der Waals surface area (Å²) in [4.78, 5) is 23.8. The number of hydrogen-bond acceptors (Lipinski definition) is 6. The number of ether oxygens (including phenoxy) is 1. The number of amides is 1. The molecule has 3 fully saturated rings. The first-order valence-corrected chi connectivity index (χ1v) is 15.1. The Bertz CT molecular complexity index is 1320. The summed E-state index contributed by atoms with van der Waals surface area (Å²) in [6.07, 6.45) is 4.70. The third kappa shape index (κ3) is 8.54.